The van der Waals surface area contributed by atoms with Gasteiger partial charge in [0.1, 0.15) is 11.0 Å². The number of hydrogen-bond donors (Lipinski definition) is 2. The Hall–Kier alpha value is -2.54. The van der Waals surface area contributed by atoms with Crippen molar-refractivity contribution >= 4 is 23.6 Å². The van der Waals surface area contributed by atoms with Crippen LogP contribution in [0.25, 0.3) is 11.1 Å². The summed E-state index contributed by atoms with van der Waals surface area (Å²) < 4.78 is 15.2. The van der Waals surface area contributed by atoms with Crippen molar-refractivity contribution in [2.45, 2.75) is 13.1 Å². The van der Waals surface area contributed by atoms with Gasteiger partial charge in [-0.2, -0.15) is 0 Å². The molecular formula is C15H13ClFN3O3. The summed E-state index contributed by atoms with van der Waals surface area (Å²) in [6.07, 6.45) is -1.09. The zero-order valence-corrected chi connectivity index (χ0v) is 12.7. The number of aromatic nitrogens is 1. The van der Waals surface area contributed by atoms with Crippen LogP contribution in [-0.2, 0) is 13.1 Å². The zero-order chi connectivity index (χ0) is 16.7. The number of benzene rings is 1. The topological polar surface area (TPSA) is 88.6 Å². The molecule has 0 aliphatic carbocycles. The average molecular weight is 338 g/mol. The van der Waals surface area contributed by atoms with Gasteiger partial charge in [-0.15, -0.1) is 0 Å². The van der Waals surface area contributed by atoms with Crippen LogP contribution in [0.15, 0.2) is 24.3 Å². The van der Waals surface area contributed by atoms with Crippen LogP contribution in [0.1, 0.15) is 16.1 Å². The summed E-state index contributed by atoms with van der Waals surface area (Å²) in [5, 5.41) is 9.39. The molecule has 0 unspecified atom stereocenters. The highest BCUT2D eigenvalue weighted by Crippen LogP contribution is 2.38. The van der Waals surface area contributed by atoms with Crippen molar-refractivity contribution in [1.82, 2.24) is 9.47 Å². The van der Waals surface area contributed by atoms with Gasteiger partial charge in [-0.25, -0.2) is 9.18 Å². The zero-order valence-electron chi connectivity index (χ0n) is 11.9. The molecule has 1 aliphatic rings. The maximum absolute atomic E-state index is 13.5. The van der Waals surface area contributed by atoms with E-state index in [1.54, 1.807) is 10.6 Å². The van der Waals surface area contributed by atoms with E-state index in [2.05, 4.69) is 0 Å². The van der Waals surface area contributed by atoms with Gasteiger partial charge in [-0.1, -0.05) is 23.7 Å². The van der Waals surface area contributed by atoms with Crippen molar-refractivity contribution < 1.29 is 19.1 Å². The molecular weight excluding hydrogens is 325 g/mol. The fourth-order valence-electron chi connectivity index (χ4n) is 2.85. The molecule has 3 rings (SSSR count). The van der Waals surface area contributed by atoms with Gasteiger partial charge in [-0.05, 0) is 17.7 Å². The minimum absolute atomic E-state index is 0.00262. The number of halogens is 2. The van der Waals surface area contributed by atoms with Crippen molar-refractivity contribution in [2.24, 2.45) is 5.73 Å². The molecule has 0 atom stereocenters. The Morgan fingerprint density at radius 1 is 1.30 bits per heavy atom. The number of rotatable bonds is 2. The third-order valence-electron chi connectivity index (χ3n) is 3.87. The second-order valence-electron chi connectivity index (χ2n) is 5.22. The van der Waals surface area contributed by atoms with Gasteiger partial charge in [-0.3, -0.25) is 4.79 Å². The maximum Gasteiger partial charge on any atom is 0.407 e. The molecule has 0 radical (unpaired) electrons. The van der Waals surface area contributed by atoms with E-state index in [0.717, 1.165) is 0 Å². The van der Waals surface area contributed by atoms with Crippen molar-refractivity contribution in [3.8, 4) is 11.1 Å². The first-order chi connectivity index (χ1) is 10.9. The molecule has 0 saturated heterocycles. The largest absolute Gasteiger partial charge is 0.465 e. The summed E-state index contributed by atoms with van der Waals surface area (Å²) in [5.41, 5.74) is 6.79. The molecule has 1 aromatic heterocycles. The lowest BCUT2D eigenvalue weighted by atomic mass is 10.0. The van der Waals surface area contributed by atoms with Gasteiger partial charge >= 0.3 is 6.09 Å². The Bertz CT molecular complexity index is 819. The first-order valence-electron chi connectivity index (χ1n) is 6.84. The summed E-state index contributed by atoms with van der Waals surface area (Å²) in [6, 6.07) is 5.67. The molecule has 0 spiro atoms. The lowest BCUT2D eigenvalue weighted by Gasteiger charge is -2.27. The van der Waals surface area contributed by atoms with E-state index in [1.807, 2.05) is 0 Å². The molecule has 0 saturated carbocycles. The number of carbonyl (C=O) groups excluding carboxylic acids is 1. The third kappa shape index (κ3) is 2.53. The van der Waals surface area contributed by atoms with E-state index in [9.17, 15) is 14.0 Å². The first kappa shape index (κ1) is 15.4. The predicted molar refractivity (Wildman–Crippen MR) is 81.8 cm³/mol. The van der Waals surface area contributed by atoms with Crippen LogP contribution in [0.2, 0.25) is 5.15 Å². The summed E-state index contributed by atoms with van der Waals surface area (Å²) in [7, 11) is 0. The molecule has 8 heteroatoms. The Morgan fingerprint density at radius 2 is 2.04 bits per heavy atom. The van der Waals surface area contributed by atoms with E-state index in [4.69, 9.17) is 22.4 Å². The second-order valence-corrected chi connectivity index (χ2v) is 5.58. The maximum atomic E-state index is 13.5. The highest BCUT2D eigenvalue weighted by Gasteiger charge is 2.31. The Morgan fingerprint density at radius 3 is 2.65 bits per heavy atom. The normalized spacial score (nSPS) is 13.7. The molecule has 23 heavy (non-hydrogen) atoms. The van der Waals surface area contributed by atoms with Crippen LogP contribution in [0, 0.1) is 5.82 Å². The molecule has 1 aromatic carbocycles. The lowest BCUT2D eigenvalue weighted by Crippen LogP contribution is -2.38. The highest BCUT2D eigenvalue weighted by molar-refractivity contribution is 6.33. The lowest BCUT2D eigenvalue weighted by molar-refractivity contribution is 0.0993. The molecule has 2 amide bonds. The standard InChI is InChI=1S/C15H13ClFN3O3/c16-13-11(8-2-1-3-9(17)6-8)12(14(18)21)10-7-19(15(22)23)4-5-20(10)13/h1-3,6H,4-5,7H2,(H2,18,21)(H,22,23). The van der Waals surface area contributed by atoms with E-state index in [0.29, 0.717) is 23.4 Å². The van der Waals surface area contributed by atoms with Gasteiger partial charge in [0, 0.05) is 18.7 Å². The smallest absolute Gasteiger partial charge is 0.407 e. The molecule has 1 aliphatic heterocycles. The number of fused-ring (bicyclic) bond motifs is 1. The molecule has 0 bridgehead atoms. The van der Waals surface area contributed by atoms with Crippen molar-refractivity contribution in [3.05, 3.63) is 46.5 Å². The number of carbonyl (C=O) groups is 2. The molecule has 120 valence electrons. The highest BCUT2D eigenvalue weighted by atomic mass is 35.5. The van der Waals surface area contributed by atoms with E-state index >= 15 is 0 Å². The van der Waals surface area contributed by atoms with Crippen LogP contribution < -0.4 is 5.73 Å². The predicted octanol–water partition coefficient (Wildman–Crippen LogP) is 2.54. The number of primary amides is 1. The van der Waals surface area contributed by atoms with Gasteiger partial charge in [0.25, 0.3) is 5.91 Å². The summed E-state index contributed by atoms with van der Waals surface area (Å²) in [4.78, 5) is 24.3. The van der Waals surface area contributed by atoms with Gasteiger partial charge < -0.3 is 20.3 Å². The first-order valence-corrected chi connectivity index (χ1v) is 7.22. The van der Waals surface area contributed by atoms with Crippen molar-refractivity contribution in [1.29, 1.82) is 0 Å². The Kier molecular flexibility index (Phi) is 3.73. The van der Waals surface area contributed by atoms with Crippen LogP contribution in [0.4, 0.5) is 9.18 Å². The summed E-state index contributed by atoms with van der Waals surface area (Å²) in [6.45, 7) is 0.552. The van der Waals surface area contributed by atoms with E-state index in [-0.39, 0.29) is 23.8 Å². The van der Waals surface area contributed by atoms with Crippen LogP contribution in [0.3, 0.4) is 0 Å². The molecule has 2 aromatic rings. The van der Waals surface area contributed by atoms with Crippen LogP contribution in [0.5, 0.6) is 0 Å². The van der Waals surface area contributed by atoms with E-state index in [1.165, 1.54) is 23.1 Å². The molecule has 0 fully saturated rings. The number of amides is 2. The minimum Gasteiger partial charge on any atom is -0.465 e. The van der Waals surface area contributed by atoms with Crippen molar-refractivity contribution in [3.63, 3.8) is 0 Å². The van der Waals surface area contributed by atoms with Gasteiger partial charge in [0.15, 0.2) is 0 Å². The number of hydrogen-bond acceptors (Lipinski definition) is 2. The molecule has 3 N–H and O–H groups in total. The SMILES string of the molecule is NC(=O)c1c(-c2cccc(F)c2)c(Cl)n2c1CN(C(=O)O)CC2. The number of nitrogens with zero attached hydrogens (tertiary/aromatic N) is 2. The summed E-state index contributed by atoms with van der Waals surface area (Å²) in [5.74, 6) is -1.20. The van der Waals surface area contributed by atoms with Crippen LogP contribution in [-0.4, -0.2) is 33.1 Å². The van der Waals surface area contributed by atoms with E-state index < -0.39 is 17.8 Å². The fraction of sp³-hybridized carbons (Fsp3) is 0.200. The quantitative estimate of drug-likeness (QED) is 0.882. The monoisotopic (exact) mass is 337 g/mol. The minimum atomic E-state index is -1.09. The second kappa shape index (κ2) is 5.58. The molecule has 6 nitrogen and oxygen atoms in total. The van der Waals surface area contributed by atoms with Gasteiger partial charge in [0.2, 0.25) is 0 Å². The average Bonchev–Trinajstić information content (AvgIpc) is 2.80. The van der Waals surface area contributed by atoms with Crippen molar-refractivity contribution in [2.75, 3.05) is 6.54 Å². The third-order valence-corrected chi connectivity index (χ3v) is 4.27. The number of carboxylic acid groups (broad SMARTS) is 1. The van der Waals surface area contributed by atoms with Crippen LogP contribution >= 0.6 is 11.6 Å². The molecule has 2 heterocycles. The summed E-state index contributed by atoms with van der Waals surface area (Å²) >= 11 is 6.37. The fourth-order valence-corrected chi connectivity index (χ4v) is 3.24. The van der Waals surface area contributed by atoms with Gasteiger partial charge in [0.05, 0.1) is 17.8 Å². The Balaban J connectivity index is 2.22. The Labute approximate surface area is 135 Å². The number of nitrogens with two attached hydrogens (primary N) is 1.